The zero-order chi connectivity index (χ0) is 7.28. The molecule has 0 unspecified atom stereocenters. The van der Waals surface area contributed by atoms with Gasteiger partial charge in [0.2, 0.25) is 0 Å². The average molecular weight is 125 g/mol. The fourth-order valence-corrected chi connectivity index (χ4v) is 0.729. The van der Waals surface area contributed by atoms with Crippen LogP contribution in [-0.4, -0.2) is 6.21 Å². The molecule has 0 aromatic heterocycles. The zero-order valence-electron chi connectivity index (χ0n) is 6.68. The Balaban J connectivity index is 3.84. The molecular formula is C8H15N. The number of rotatable bonds is 2. The van der Waals surface area contributed by atoms with Crippen molar-refractivity contribution < 1.29 is 0 Å². The van der Waals surface area contributed by atoms with Crippen molar-refractivity contribution >= 4 is 6.21 Å². The van der Waals surface area contributed by atoms with Gasteiger partial charge in [0, 0.05) is 11.9 Å². The van der Waals surface area contributed by atoms with Gasteiger partial charge < -0.3 is 0 Å². The topological polar surface area (TPSA) is 12.4 Å². The van der Waals surface area contributed by atoms with E-state index in [1.807, 2.05) is 20.1 Å². The fraction of sp³-hybridized carbons (Fsp3) is 0.625. The van der Waals surface area contributed by atoms with Crippen molar-refractivity contribution in [2.75, 3.05) is 0 Å². The van der Waals surface area contributed by atoms with Gasteiger partial charge in [-0.15, -0.1) is 0 Å². The molecule has 0 amide bonds. The van der Waals surface area contributed by atoms with Crippen LogP contribution in [0.25, 0.3) is 0 Å². The second kappa shape index (κ2) is 4.30. The van der Waals surface area contributed by atoms with Crippen molar-refractivity contribution in [3.63, 3.8) is 0 Å². The molecule has 0 atom stereocenters. The third kappa shape index (κ3) is 5.28. The first-order valence-corrected chi connectivity index (χ1v) is 3.34. The number of hydrogen-bond donors (Lipinski definition) is 0. The summed E-state index contributed by atoms with van der Waals surface area (Å²) >= 11 is 0. The van der Waals surface area contributed by atoms with Gasteiger partial charge in [-0.1, -0.05) is 19.9 Å². The third-order valence-corrected chi connectivity index (χ3v) is 0.907. The molecule has 9 heavy (non-hydrogen) atoms. The maximum absolute atomic E-state index is 4.10. The summed E-state index contributed by atoms with van der Waals surface area (Å²) in [5, 5.41) is 0. The lowest BCUT2D eigenvalue weighted by atomic mass is 10.2. The van der Waals surface area contributed by atoms with E-state index in [1.54, 1.807) is 0 Å². The lowest BCUT2D eigenvalue weighted by Gasteiger charge is -1.94. The predicted octanol–water partition coefficient (Wildman–Crippen LogP) is 2.64. The lowest BCUT2D eigenvalue weighted by molar-refractivity contribution is 0.820. The van der Waals surface area contributed by atoms with Crippen molar-refractivity contribution in [2.24, 2.45) is 10.9 Å². The van der Waals surface area contributed by atoms with Gasteiger partial charge in [-0.3, -0.25) is 4.99 Å². The molecule has 0 rings (SSSR count). The van der Waals surface area contributed by atoms with Crippen LogP contribution in [-0.2, 0) is 0 Å². The summed E-state index contributed by atoms with van der Waals surface area (Å²) in [5.41, 5.74) is 1.10. The molecule has 0 bridgehead atoms. The molecule has 0 radical (unpaired) electrons. The van der Waals surface area contributed by atoms with Gasteiger partial charge in [-0.05, 0) is 19.8 Å². The molecule has 52 valence electrons. The Kier molecular flexibility index (Phi) is 4.02. The molecule has 1 heteroatoms. The Morgan fingerprint density at radius 3 is 2.33 bits per heavy atom. The monoisotopic (exact) mass is 125 g/mol. The number of nitrogens with zero attached hydrogens (tertiary/aromatic N) is 1. The van der Waals surface area contributed by atoms with Gasteiger partial charge in [-0.25, -0.2) is 0 Å². The van der Waals surface area contributed by atoms with Crippen molar-refractivity contribution in [1.82, 2.24) is 0 Å². The van der Waals surface area contributed by atoms with E-state index in [9.17, 15) is 0 Å². The summed E-state index contributed by atoms with van der Waals surface area (Å²) in [4.78, 5) is 4.10. The number of hydrogen-bond acceptors (Lipinski definition) is 1. The number of aliphatic imine (C=N–C) groups is 1. The Labute approximate surface area is 57.5 Å². The standard InChI is InChI=1S/C8H15N/c1-5-9-8(4)6-7(2)3/h5-7H,1-4H3/b8-6-,9-5?. The molecule has 0 aromatic rings. The Morgan fingerprint density at radius 1 is 1.44 bits per heavy atom. The Bertz CT molecular complexity index is 121. The van der Waals surface area contributed by atoms with Crippen LogP contribution in [0.4, 0.5) is 0 Å². The summed E-state index contributed by atoms with van der Waals surface area (Å²) in [6.07, 6.45) is 3.95. The lowest BCUT2D eigenvalue weighted by Crippen LogP contribution is -1.80. The van der Waals surface area contributed by atoms with E-state index in [-0.39, 0.29) is 0 Å². The first kappa shape index (κ1) is 8.41. The van der Waals surface area contributed by atoms with Gasteiger partial charge in [0.15, 0.2) is 0 Å². The van der Waals surface area contributed by atoms with Crippen LogP contribution >= 0.6 is 0 Å². The van der Waals surface area contributed by atoms with Crippen LogP contribution in [0.2, 0.25) is 0 Å². The molecule has 0 N–H and O–H groups in total. The van der Waals surface area contributed by atoms with Crippen molar-refractivity contribution in [2.45, 2.75) is 27.7 Å². The molecular weight excluding hydrogens is 110 g/mol. The van der Waals surface area contributed by atoms with E-state index in [0.717, 1.165) is 5.70 Å². The molecule has 0 aromatic carbocycles. The van der Waals surface area contributed by atoms with Crippen LogP contribution in [0.5, 0.6) is 0 Å². The van der Waals surface area contributed by atoms with Gasteiger partial charge in [0.05, 0.1) is 0 Å². The maximum Gasteiger partial charge on any atom is 0.0331 e. The first-order chi connectivity index (χ1) is 4.16. The number of allylic oxidation sites excluding steroid dienone is 2. The molecule has 0 saturated heterocycles. The molecule has 1 nitrogen and oxygen atoms in total. The van der Waals surface area contributed by atoms with E-state index >= 15 is 0 Å². The summed E-state index contributed by atoms with van der Waals surface area (Å²) < 4.78 is 0. The summed E-state index contributed by atoms with van der Waals surface area (Å²) in [7, 11) is 0. The van der Waals surface area contributed by atoms with E-state index < -0.39 is 0 Å². The normalized spacial score (nSPS) is 13.7. The van der Waals surface area contributed by atoms with E-state index in [2.05, 4.69) is 24.9 Å². The highest BCUT2D eigenvalue weighted by Crippen LogP contribution is 2.01. The molecule has 0 fully saturated rings. The molecule has 0 aliphatic heterocycles. The minimum Gasteiger partial charge on any atom is -0.267 e. The predicted molar refractivity (Wildman–Crippen MR) is 42.8 cm³/mol. The highest BCUT2D eigenvalue weighted by Gasteiger charge is 1.85. The quantitative estimate of drug-likeness (QED) is 0.503. The average Bonchev–Trinajstić information content (AvgIpc) is 1.63. The summed E-state index contributed by atoms with van der Waals surface area (Å²) in [5.74, 6) is 0.605. The fourth-order valence-electron chi connectivity index (χ4n) is 0.729. The SMILES string of the molecule is CC=N/C(C)=C\C(C)C. The van der Waals surface area contributed by atoms with Crippen LogP contribution in [0, 0.1) is 5.92 Å². The minimum atomic E-state index is 0.605. The maximum atomic E-state index is 4.10. The van der Waals surface area contributed by atoms with E-state index in [1.165, 1.54) is 0 Å². The highest BCUT2D eigenvalue weighted by atomic mass is 14.7. The van der Waals surface area contributed by atoms with Crippen LogP contribution in [0.1, 0.15) is 27.7 Å². The Morgan fingerprint density at radius 2 is 2.00 bits per heavy atom. The van der Waals surface area contributed by atoms with Gasteiger partial charge in [-0.2, -0.15) is 0 Å². The zero-order valence-corrected chi connectivity index (χ0v) is 6.68. The van der Waals surface area contributed by atoms with Gasteiger partial charge in [0.1, 0.15) is 0 Å². The third-order valence-electron chi connectivity index (χ3n) is 0.907. The second-order valence-corrected chi connectivity index (χ2v) is 2.44. The van der Waals surface area contributed by atoms with E-state index in [0.29, 0.717) is 5.92 Å². The first-order valence-electron chi connectivity index (χ1n) is 3.34. The van der Waals surface area contributed by atoms with Crippen molar-refractivity contribution in [1.29, 1.82) is 0 Å². The smallest absolute Gasteiger partial charge is 0.0331 e. The van der Waals surface area contributed by atoms with Crippen LogP contribution < -0.4 is 0 Å². The molecule has 0 heterocycles. The Hall–Kier alpha value is -0.590. The van der Waals surface area contributed by atoms with E-state index in [4.69, 9.17) is 0 Å². The highest BCUT2D eigenvalue weighted by molar-refractivity contribution is 5.55. The summed E-state index contributed by atoms with van der Waals surface area (Å²) in [6, 6.07) is 0. The molecule has 0 aliphatic carbocycles. The van der Waals surface area contributed by atoms with Gasteiger partial charge in [0.25, 0.3) is 0 Å². The van der Waals surface area contributed by atoms with Gasteiger partial charge >= 0.3 is 0 Å². The minimum absolute atomic E-state index is 0.605. The van der Waals surface area contributed by atoms with Crippen molar-refractivity contribution in [3.8, 4) is 0 Å². The van der Waals surface area contributed by atoms with Crippen LogP contribution in [0.3, 0.4) is 0 Å². The largest absolute Gasteiger partial charge is 0.267 e. The van der Waals surface area contributed by atoms with Crippen LogP contribution in [0.15, 0.2) is 16.8 Å². The second-order valence-electron chi connectivity index (χ2n) is 2.44. The molecule has 0 aliphatic rings. The molecule has 0 spiro atoms. The summed E-state index contributed by atoms with van der Waals surface area (Å²) in [6.45, 7) is 8.24. The molecule has 0 saturated carbocycles. The van der Waals surface area contributed by atoms with Crippen molar-refractivity contribution in [3.05, 3.63) is 11.8 Å².